The topological polar surface area (TPSA) is 44.2 Å². The van der Waals surface area contributed by atoms with Crippen molar-refractivity contribution in [2.45, 2.75) is 72.1 Å². The Hall–Kier alpha value is -2.31. The number of ether oxygens (including phenoxy) is 2. The maximum Gasteiger partial charge on any atom is 0.417 e. The molecule has 1 heterocycles. The summed E-state index contributed by atoms with van der Waals surface area (Å²) in [7, 11) is 1.34. The normalized spacial score (nSPS) is 12.7. The third-order valence-electron chi connectivity index (χ3n) is 4.80. The van der Waals surface area contributed by atoms with Gasteiger partial charge in [-0.2, -0.15) is 13.2 Å². The lowest BCUT2D eigenvalue weighted by Crippen LogP contribution is -2.18. The van der Waals surface area contributed by atoms with Crippen molar-refractivity contribution < 1.29 is 22.6 Å². The Morgan fingerprint density at radius 2 is 1.69 bits per heavy atom. The zero-order valence-corrected chi connectivity index (χ0v) is 17.7. The lowest BCUT2D eigenvalue weighted by molar-refractivity contribution is -0.137. The Labute approximate surface area is 170 Å². The van der Waals surface area contributed by atoms with Gasteiger partial charge in [-0.05, 0) is 43.9 Å². The number of benzene rings is 1. The van der Waals surface area contributed by atoms with Gasteiger partial charge in [-0.1, -0.05) is 34.1 Å². The SMILES string of the molecule is CCCC(CC)Oc1nc(CC)c(-c2ccc(OC)cc2C(F)(F)F)nc1CC. The molecule has 0 spiro atoms. The van der Waals surface area contributed by atoms with Gasteiger partial charge in [-0.3, -0.25) is 0 Å². The van der Waals surface area contributed by atoms with Crippen molar-refractivity contribution in [2.75, 3.05) is 7.11 Å². The minimum Gasteiger partial charge on any atom is -0.497 e. The first-order valence-corrected chi connectivity index (χ1v) is 10.1. The molecular formula is C22H29F3N2O2. The monoisotopic (exact) mass is 410 g/mol. The summed E-state index contributed by atoms with van der Waals surface area (Å²) in [6.45, 7) is 7.87. The Bertz CT molecular complexity index is 822. The molecule has 0 N–H and O–H groups in total. The fourth-order valence-electron chi connectivity index (χ4n) is 3.19. The predicted molar refractivity (Wildman–Crippen MR) is 107 cm³/mol. The van der Waals surface area contributed by atoms with Crippen molar-refractivity contribution in [3.63, 3.8) is 0 Å². The van der Waals surface area contributed by atoms with E-state index in [9.17, 15) is 13.2 Å². The van der Waals surface area contributed by atoms with E-state index in [2.05, 4.69) is 16.9 Å². The molecule has 1 aromatic carbocycles. The van der Waals surface area contributed by atoms with E-state index in [1.807, 2.05) is 20.8 Å². The van der Waals surface area contributed by atoms with E-state index >= 15 is 0 Å². The number of rotatable bonds is 9. The number of hydrogen-bond donors (Lipinski definition) is 0. The second kappa shape index (κ2) is 9.94. The highest BCUT2D eigenvalue weighted by molar-refractivity contribution is 5.68. The molecule has 0 saturated carbocycles. The third kappa shape index (κ3) is 5.40. The van der Waals surface area contributed by atoms with Crippen LogP contribution in [0, 0.1) is 0 Å². The van der Waals surface area contributed by atoms with Crippen LogP contribution in [0.15, 0.2) is 18.2 Å². The minimum absolute atomic E-state index is 0.00417. The van der Waals surface area contributed by atoms with Gasteiger partial charge in [-0.15, -0.1) is 0 Å². The Balaban J connectivity index is 2.62. The second-order valence-corrected chi connectivity index (χ2v) is 6.82. The van der Waals surface area contributed by atoms with Crippen LogP contribution >= 0.6 is 0 Å². The molecule has 29 heavy (non-hydrogen) atoms. The minimum atomic E-state index is -4.54. The molecule has 2 rings (SSSR count). The summed E-state index contributed by atoms with van der Waals surface area (Å²) in [6, 6.07) is 3.91. The average Bonchev–Trinajstić information content (AvgIpc) is 2.71. The van der Waals surface area contributed by atoms with Crippen LogP contribution in [0.4, 0.5) is 13.2 Å². The number of nitrogens with zero attached hydrogens (tertiary/aromatic N) is 2. The average molecular weight is 410 g/mol. The zero-order valence-electron chi connectivity index (χ0n) is 17.7. The van der Waals surface area contributed by atoms with Gasteiger partial charge in [0.25, 0.3) is 0 Å². The highest BCUT2D eigenvalue weighted by Gasteiger charge is 2.35. The maximum absolute atomic E-state index is 13.7. The summed E-state index contributed by atoms with van der Waals surface area (Å²) in [5.74, 6) is 0.573. The molecule has 0 fully saturated rings. The van der Waals surface area contributed by atoms with Crippen molar-refractivity contribution in [1.82, 2.24) is 9.97 Å². The number of hydrogen-bond acceptors (Lipinski definition) is 4. The van der Waals surface area contributed by atoms with Crippen LogP contribution in [0.25, 0.3) is 11.3 Å². The maximum atomic E-state index is 13.7. The van der Waals surface area contributed by atoms with Crippen molar-refractivity contribution in [2.24, 2.45) is 0 Å². The summed E-state index contributed by atoms with van der Waals surface area (Å²) in [6.07, 6.45) is -0.864. The third-order valence-corrected chi connectivity index (χ3v) is 4.80. The van der Waals surface area contributed by atoms with Gasteiger partial charge in [-0.25, -0.2) is 9.97 Å². The summed E-state index contributed by atoms with van der Waals surface area (Å²) < 4.78 is 52.2. The van der Waals surface area contributed by atoms with Crippen LogP contribution < -0.4 is 9.47 Å². The van der Waals surface area contributed by atoms with Gasteiger partial charge in [0.2, 0.25) is 5.88 Å². The van der Waals surface area contributed by atoms with E-state index < -0.39 is 11.7 Å². The molecule has 0 aliphatic carbocycles. The zero-order chi connectivity index (χ0) is 21.6. The van der Waals surface area contributed by atoms with Gasteiger partial charge in [0.15, 0.2) is 0 Å². The van der Waals surface area contributed by atoms with Crippen LogP contribution in [-0.2, 0) is 19.0 Å². The molecule has 7 heteroatoms. The first kappa shape index (κ1) is 23.0. The Morgan fingerprint density at radius 1 is 1.00 bits per heavy atom. The molecule has 2 aromatic rings. The van der Waals surface area contributed by atoms with Crippen molar-refractivity contribution in [3.05, 3.63) is 35.2 Å². The summed E-state index contributed by atoms with van der Waals surface area (Å²) in [4.78, 5) is 9.17. The van der Waals surface area contributed by atoms with Gasteiger partial charge in [0, 0.05) is 5.56 Å². The molecule has 0 saturated heterocycles. The summed E-state index contributed by atoms with van der Waals surface area (Å²) in [5.41, 5.74) is 0.517. The van der Waals surface area contributed by atoms with Crippen LogP contribution in [0.1, 0.15) is 63.9 Å². The lowest BCUT2D eigenvalue weighted by Gasteiger charge is -2.21. The van der Waals surface area contributed by atoms with E-state index in [0.717, 1.165) is 25.3 Å². The number of aryl methyl sites for hydroxylation is 2. The van der Waals surface area contributed by atoms with Gasteiger partial charge < -0.3 is 9.47 Å². The smallest absolute Gasteiger partial charge is 0.417 e. The summed E-state index contributed by atoms with van der Waals surface area (Å²) in [5, 5.41) is 0. The Morgan fingerprint density at radius 3 is 2.21 bits per heavy atom. The first-order chi connectivity index (χ1) is 13.8. The van der Waals surface area contributed by atoms with Gasteiger partial charge in [0.1, 0.15) is 17.5 Å². The molecule has 1 unspecified atom stereocenters. The number of aromatic nitrogens is 2. The number of alkyl halides is 3. The first-order valence-electron chi connectivity index (χ1n) is 10.1. The van der Waals surface area contributed by atoms with Crippen molar-refractivity contribution in [1.29, 1.82) is 0 Å². The lowest BCUT2D eigenvalue weighted by atomic mass is 10.0. The van der Waals surface area contributed by atoms with E-state index in [-0.39, 0.29) is 23.1 Å². The Kier molecular flexibility index (Phi) is 7.88. The van der Waals surface area contributed by atoms with E-state index in [1.54, 1.807) is 0 Å². The quantitative estimate of drug-likeness (QED) is 0.490. The predicted octanol–water partition coefficient (Wildman–Crippen LogP) is 6.25. The standard InChI is InChI=1S/C22H29F3N2O2/c1-6-10-14(7-2)29-21-19(9-4)26-20(18(8-3)27-21)16-12-11-15(28-5)13-17(16)22(23,24)25/h11-14H,6-10H2,1-5H3. The molecule has 1 aromatic heterocycles. The molecule has 0 bridgehead atoms. The number of halogens is 3. The van der Waals surface area contributed by atoms with Crippen molar-refractivity contribution in [3.8, 4) is 22.9 Å². The van der Waals surface area contributed by atoms with Gasteiger partial charge >= 0.3 is 6.18 Å². The molecule has 0 aliphatic rings. The van der Waals surface area contributed by atoms with E-state index in [1.165, 1.54) is 19.2 Å². The fraction of sp³-hybridized carbons (Fsp3) is 0.545. The number of methoxy groups -OCH3 is 1. The van der Waals surface area contributed by atoms with Gasteiger partial charge in [0.05, 0.1) is 24.1 Å². The van der Waals surface area contributed by atoms with E-state index in [4.69, 9.17) is 9.47 Å². The van der Waals surface area contributed by atoms with Crippen LogP contribution in [-0.4, -0.2) is 23.2 Å². The van der Waals surface area contributed by atoms with Crippen LogP contribution in [0.3, 0.4) is 0 Å². The second-order valence-electron chi connectivity index (χ2n) is 6.82. The summed E-state index contributed by atoms with van der Waals surface area (Å²) >= 11 is 0. The van der Waals surface area contributed by atoms with Crippen molar-refractivity contribution >= 4 is 0 Å². The van der Waals surface area contributed by atoms with Crippen LogP contribution in [0.5, 0.6) is 11.6 Å². The molecule has 0 radical (unpaired) electrons. The molecule has 0 amide bonds. The molecule has 160 valence electrons. The fourth-order valence-corrected chi connectivity index (χ4v) is 3.19. The highest BCUT2D eigenvalue weighted by Crippen LogP contribution is 2.40. The molecular weight excluding hydrogens is 381 g/mol. The van der Waals surface area contributed by atoms with Crippen LogP contribution in [0.2, 0.25) is 0 Å². The highest BCUT2D eigenvalue weighted by atomic mass is 19.4. The molecule has 1 atom stereocenters. The largest absolute Gasteiger partial charge is 0.497 e. The molecule has 4 nitrogen and oxygen atoms in total. The van der Waals surface area contributed by atoms with E-state index in [0.29, 0.717) is 30.1 Å². The molecule has 0 aliphatic heterocycles.